The Morgan fingerprint density at radius 3 is 2.62 bits per heavy atom. The Labute approximate surface area is 143 Å². The number of carbonyl (C=O) groups excluding carboxylic acids is 1. The summed E-state index contributed by atoms with van der Waals surface area (Å²) in [6.45, 7) is 9.82. The molecular formula is C18H27N5O. The van der Waals surface area contributed by atoms with E-state index in [-0.39, 0.29) is 18.0 Å². The topological polar surface area (TPSA) is 62.5 Å². The van der Waals surface area contributed by atoms with Gasteiger partial charge in [0, 0.05) is 42.7 Å². The van der Waals surface area contributed by atoms with Crippen LogP contribution >= 0.6 is 0 Å². The van der Waals surface area contributed by atoms with E-state index in [0.717, 1.165) is 48.5 Å². The van der Waals surface area contributed by atoms with E-state index in [1.807, 2.05) is 42.4 Å². The molecular weight excluding hydrogens is 302 g/mol. The molecule has 2 atom stereocenters. The number of carbonyl (C=O) groups is 1. The fourth-order valence-corrected chi connectivity index (χ4v) is 3.53. The van der Waals surface area contributed by atoms with Crippen LogP contribution in [0, 0.1) is 13.8 Å². The molecule has 1 fully saturated rings. The second-order valence-corrected chi connectivity index (χ2v) is 6.85. The average molecular weight is 329 g/mol. The van der Waals surface area contributed by atoms with Gasteiger partial charge in [0.05, 0.1) is 11.7 Å². The van der Waals surface area contributed by atoms with Gasteiger partial charge in [0.1, 0.15) is 0 Å². The van der Waals surface area contributed by atoms with Crippen LogP contribution in [0.2, 0.25) is 0 Å². The maximum atomic E-state index is 12.6. The van der Waals surface area contributed by atoms with Crippen molar-refractivity contribution in [1.82, 2.24) is 24.8 Å². The first kappa shape index (κ1) is 16.9. The fourth-order valence-electron chi connectivity index (χ4n) is 3.53. The summed E-state index contributed by atoms with van der Waals surface area (Å²) in [5.41, 5.74) is 3.95. The van der Waals surface area contributed by atoms with Crippen LogP contribution in [0.3, 0.4) is 0 Å². The van der Waals surface area contributed by atoms with Crippen LogP contribution in [-0.2, 0) is 4.79 Å². The molecule has 1 aliphatic rings. The monoisotopic (exact) mass is 329 g/mol. The predicted octanol–water partition coefficient (Wildman–Crippen LogP) is 2.40. The summed E-state index contributed by atoms with van der Waals surface area (Å²) < 4.78 is 1.87. The van der Waals surface area contributed by atoms with E-state index >= 15 is 0 Å². The van der Waals surface area contributed by atoms with Gasteiger partial charge >= 0.3 is 0 Å². The molecule has 3 heterocycles. The largest absolute Gasteiger partial charge is 0.341 e. The second-order valence-electron chi connectivity index (χ2n) is 6.85. The zero-order valence-corrected chi connectivity index (χ0v) is 15.0. The Kier molecular flexibility index (Phi) is 4.85. The zero-order chi connectivity index (χ0) is 17.3. The van der Waals surface area contributed by atoms with E-state index in [4.69, 9.17) is 0 Å². The fraction of sp³-hybridized carbons (Fsp3) is 0.611. The first-order chi connectivity index (χ1) is 11.5. The van der Waals surface area contributed by atoms with Crippen molar-refractivity contribution in [2.75, 3.05) is 13.1 Å². The Morgan fingerprint density at radius 2 is 1.92 bits per heavy atom. The van der Waals surface area contributed by atoms with Crippen molar-refractivity contribution in [3.8, 4) is 0 Å². The first-order valence-corrected chi connectivity index (χ1v) is 8.84. The summed E-state index contributed by atoms with van der Waals surface area (Å²) in [6.07, 6.45) is 5.36. The Bertz CT molecular complexity index is 732. The van der Waals surface area contributed by atoms with Crippen LogP contribution in [-0.4, -0.2) is 44.5 Å². The number of aromatic nitrogens is 3. The summed E-state index contributed by atoms with van der Waals surface area (Å²) in [5.74, 6) is 0.197. The molecule has 2 aromatic heterocycles. The summed E-state index contributed by atoms with van der Waals surface area (Å²) in [5, 5.41) is 7.93. The minimum absolute atomic E-state index is 0.0372. The number of likely N-dealkylation sites (tertiary alicyclic amines) is 1. The maximum absolute atomic E-state index is 12.6. The summed E-state index contributed by atoms with van der Waals surface area (Å²) in [7, 11) is 0. The molecule has 0 aromatic carbocycles. The Hall–Kier alpha value is -1.95. The van der Waals surface area contributed by atoms with Crippen molar-refractivity contribution >= 4 is 11.6 Å². The predicted molar refractivity (Wildman–Crippen MR) is 93.9 cm³/mol. The molecule has 0 radical (unpaired) electrons. The molecule has 0 spiro atoms. The molecule has 3 rings (SSSR count). The lowest BCUT2D eigenvalue weighted by Gasteiger charge is -2.30. The van der Waals surface area contributed by atoms with E-state index in [1.165, 1.54) is 6.42 Å². The van der Waals surface area contributed by atoms with Gasteiger partial charge in [-0.1, -0.05) is 0 Å². The molecule has 24 heavy (non-hydrogen) atoms. The number of nitrogens with one attached hydrogen (secondary N) is 1. The highest BCUT2D eigenvalue weighted by Crippen LogP contribution is 2.19. The molecule has 6 heteroatoms. The normalized spacial score (nSPS) is 17.9. The number of hydrogen-bond acceptors (Lipinski definition) is 4. The van der Waals surface area contributed by atoms with Gasteiger partial charge in [-0.2, -0.15) is 5.10 Å². The third-order valence-corrected chi connectivity index (χ3v) is 4.89. The van der Waals surface area contributed by atoms with Crippen LogP contribution in [0.25, 0.3) is 5.65 Å². The minimum atomic E-state index is -0.201. The first-order valence-electron chi connectivity index (χ1n) is 8.84. The minimum Gasteiger partial charge on any atom is -0.341 e. The van der Waals surface area contributed by atoms with E-state index in [9.17, 15) is 4.79 Å². The third kappa shape index (κ3) is 3.29. The summed E-state index contributed by atoms with van der Waals surface area (Å²) in [6, 6.07) is 1.81. The second kappa shape index (κ2) is 6.89. The van der Waals surface area contributed by atoms with E-state index < -0.39 is 0 Å². The van der Waals surface area contributed by atoms with Crippen molar-refractivity contribution < 1.29 is 4.79 Å². The van der Waals surface area contributed by atoms with Crippen molar-refractivity contribution in [2.24, 2.45) is 0 Å². The van der Waals surface area contributed by atoms with Gasteiger partial charge in [-0.15, -0.1) is 0 Å². The highest BCUT2D eigenvalue weighted by Gasteiger charge is 2.24. The number of amides is 1. The molecule has 6 nitrogen and oxygen atoms in total. The molecule has 0 unspecified atom stereocenters. The molecule has 1 aliphatic heterocycles. The van der Waals surface area contributed by atoms with Crippen molar-refractivity contribution in [1.29, 1.82) is 0 Å². The SMILES string of the molecule is Cc1cc2ncc([C@@H](C)N[C@@H](C)C(=O)N3CCCCC3)c(C)n2n1. The van der Waals surface area contributed by atoms with Gasteiger partial charge in [0.25, 0.3) is 0 Å². The van der Waals surface area contributed by atoms with Crippen LogP contribution in [0.4, 0.5) is 0 Å². The number of rotatable bonds is 4. The Morgan fingerprint density at radius 1 is 1.21 bits per heavy atom. The molecule has 1 amide bonds. The lowest BCUT2D eigenvalue weighted by molar-refractivity contribution is -0.134. The lowest BCUT2D eigenvalue weighted by atomic mass is 10.1. The van der Waals surface area contributed by atoms with E-state index in [0.29, 0.717) is 0 Å². The van der Waals surface area contributed by atoms with Crippen molar-refractivity contribution in [3.63, 3.8) is 0 Å². The average Bonchev–Trinajstić information content (AvgIpc) is 2.96. The molecule has 1 N–H and O–H groups in total. The summed E-state index contributed by atoms with van der Waals surface area (Å²) >= 11 is 0. The number of nitrogens with zero attached hydrogens (tertiary/aromatic N) is 4. The highest BCUT2D eigenvalue weighted by atomic mass is 16.2. The smallest absolute Gasteiger partial charge is 0.239 e. The van der Waals surface area contributed by atoms with Crippen LogP contribution in [0.15, 0.2) is 12.3 Å². The van der Waals surface area contributed by atoms with Crippen LogP contribution in [0.1, 0.15) is 56.1 Å². The van der Waals surface area contributed by atoms with Gasteiger partial charge in [-0.05, 0) is 47.0 Å². The maximum Gasteiger partial charge on any atom is 0.239 e. The molecule has 130 valence electrons. The van der Waals surface area contributed by atoms with Gasteiger partial charge < -0.3 is 4.90 Å². The quantitative estimate of drug-likeness (QED) is 0.935. The molecule has 0 saturated carbocycles. The number of hydrogen-bond donors (Lipinski definition) is 1. The number of piperidine rings is 1. The van der Waals surface area contributed by atoms with Crippen LogP contribution in [0.5, 0.6) is 0 Å². The zero-order valence-electron chi connectivity index (χ0n) is 15.0. The molecule has 0 bridgehead atoms. The van der Waals surface area contributed by atoms with Crippen LogP contribution < -0.4 is 5.32 Å². The van der Waals surface area contributed by atoms with Gasteiger partial charge in [0.15, 0.2) is 5.65 Å². The lowest BCUT2D eigenvalue weighted by Crippen LogP contribution is -2.47. The van der Waals surface area contributed by atoms with E-state index in [1.54, 1.807) is 0 Å². The van der Waals surface area contributed by atoms with E-state index in [2.05, 4.69) is 22.3 Å². The van der Waals surface area contributed by atoms with Crippen molar-refractivity contribution in [3.05, 3.63) is 29.2 Å². The number of aryl methyl sites for hydroxylation is 2. The number of fused-ring (bicyclic) bond motifs is 1. The molecule has 0 aliphatic carbocycles. The Balaban J connectivity index is 1.73. The third-order valence-electron chi connectivity index (χ3n) is 4.89. The molecule has 2 aromatic rings. The summed E-state index contributed by atoms with van der Waals surface area (Å²) in [4.78, 5) is 19.1. The van der Waals surface area contributed by atoms with Gasteiger partial charge in [0.2, 0.25) is 5.91 Å². The van der Waals surface area contributed by atoms with Gasteiger partial charge in [-0.25, -0.2) is 9.50 Å². The highest BCUT2D eigenvalue weighted by molar-refractivity contribution is 5.81. The molecule has 1 saturated heterocycles. The van der Waals surface area contributed by atoms with Gasteiger partial charge in [-0.3, -0.25) is 10.1 Å². The standard InChI is InChI=1S/C18H27N5O/c1-12-10-17-19-11-16(15(4)23(17)21-12)13(2)20-14(3)18(24)22-8-6-5-7-9-22/h10-11,13-14,20H,5-9H2,1-4H3/t13-,14+/m1/s1. The van der Waals surface area contributed by atoms with Crippen molar-refractivity contribution in [2.45, 2.75) is 59.0 Å².